The first-order chi connectivity index (χ1) is 13.1. The summed E-state index contributed by atoms with van der Waals surface area (Å²) in [6.07, 6.45) is 4.12. The van der Waals surface area contributed by atoms with E-state index in [9.17, 15) is 0 Å². The first-order valence-corrected chi connectivity index (χ1v) is 10.1. The van der Waals surface area contributed by atoms with E-state index in [4.69, 9.17) is 17.0 Å². The molecule has 146 valence electrons. The van der Waals surface area contributed by atoms with Crippen molar-refractivity contribution < 1.29 is 4.74 Å². The van der Waals surface area contributed by atoms with Gasteiger partial charge in [0.15, 0.2) is 5.11 Å². The first kappa shape index (κ1) is 19.8. The lowest BCUT2D eigenvalue weighted by atomic mass is 9.96. The Morgan fingerprint density at radius 1 is 1.26 bits per heavy atom. The lowest BCUT2D eigenvalue weighted by Gasteiger charge is -2.28. The second kappa shape index (κ2) is 8.85. The molecule has 0 aliphatic carbocycles. The zero-order valence-electron chi connectivity index (χ0n) is 16.7. The molecule has 1 aliphatic heterocycles. The Bertz CT molecular complexity index is 774. The minimum absolute atomic E-state index is 0.0620. The van der Waals surface area contributed by atoms with Gasteiger partial charge in [-0.25, -0.2) is 0 Å². The highest BCUT2D eigenvalue weighted by Gasteiger charge is 2.40. The summed E-state index contributed by atoms with van der Waals surface area (Å²) in [5.41, 5.74) is 4.89. The fourth-order valence-corrected chi connectivity index (χ4v) is 4.30. The molecule has 3 heterocycles. The average molecular weight is 387 g/mol. The Hall–Kier alpha value is -1.92. The lowest BCUT2D eigenvalue weighted by Crippen LogP contribution is -2.30. The Morgan fingerprint density at radius 2 is 2.07 bits per heavy atom. The normalized spacial score (nSPS) is 19.6. The van der Waals surface area contributed by atoms with Crippen LogP contribution in [0.1, 0.15) is 54.5 Å². The maximum Gasteiger partial charge on any atom is 0.170 e. The third kappa shape index (κ3) is 4.01. The number of rotatable bonds is 8. The highest BCUT2D eigenvalue weighted by atomic mass is 32.1. The number of methoxy groups -OCH3 is 1. The van der Waals surface area contributed by atoms with Gasteiger partial charge in [0.25, 0.3) is 0 Å². The number of thiocarbonyl (C=S) groups is 1. The molecule has 0 amide bonds. The van der Waals surface area contributed by atoms with Crippen LogP contribution in [0.15, 0.2) is 30.5 Å². The largest absolute Gasteiger partial charge is 0.383 e. The topological polar surface area (TPSA) is 42.3 Å². The molecular weight excluding hydrogens is 356 g/mol. The number of unbranched alkanes of at least 4 members (excludes halogenated alkanes) is 1. The third-order valence-electron chi connectivity index (χ3n) is 5.40. The van der Waals surface area contributed by atoms with Gasteiger partial charge in [-0.3, -0.25) is 4.98 Å². The van der Waals surface area contributed by atoms with Crippen molar-refractivity contribution in [2.45, 2.75) is 52.2 Å². The molecule has 5 nitrogen and oxygen atoms in total. The number of nitrogens with zero attached hydrogens (tertiary/aromatic N) is 3. The van der Waals surface area contributed by atoms with Crippen LogP contribution in [0.5, 0.6) is 0 Å². The van der Waals surface area contributed by atoms with Crippen LogP contribution in [0, 0.1) is 13.8 Å². The molecule has 3 rings (SSSR count). The SMILES string of the molecule is CCCCN1C(=S)N[C@@H](c2ccccn2)[C@H]1c1cc(C)n(CCOC)c1C. The van der Waals surface area contributed by atoms with E-state index < -0.39 is 0 Å². The molecule has 0 spiro atoms. The van der Waals surface area contributed by atoms with E-state index in [1.807, 2.05) is 18.3 Å². The number of ether oxygens (including phenoxy) is 1. The van der Waals surface area contributed by atoms with E-state index in [0.717, 1.165) is 36.7 Å². The fourth-order valence-electron chi connectivity index (χ4n) is 3.97. The summed E-state index contributed by atoms with van der Waals surface area (Å²) in [5, 5.41) is 4.36. The summed E-state index contributed by atoms with van der Waals surface area (Å²) in [7, 11) is 1.75. The quantitative estimate of drug-likeness (QED) is 0.697. The molecule has 0 bridgehead atoms. The summed E-state index contributed by atoms with van der Waals surface area (Å²) >= 11 is 5.72. The van der Waals surface area contributed by atoms with E-state index in [2.05, 4.69) is 52.7 Å². The molecule has 2 aromatic rings. The molecule has 6 heteroatoms. The minimum Gasteiger partial charge on any atom is -0.383 e. The Balaban J connectivity index is 2.02. The Kier molecular flexibility index (Phi) is 6.50. The minimum atomic E-state index is 0.0620. The van der Waals surface area contributed by atoms with Crippen molar-refractivity contribution in [3.8, 4) is 0 Å². The van der Waals surface area contributed by atoms with Gasteiger partial charge < -0.3 is 19.5 Å². The second-order valence-corrected chi connectivity index (χ2v) is 7.53. The molecule has 0 saturated carbocycles. The average Bonchev–Trinajstić information content (AvgIpc) is 3.15. The van der Waals surface area contributed by atoms with Crippen molar-refractivity contribution in [1.82, 2.24) is 19.8 Å². The fraction of sp³-hybridized carbons (Fsp3) is 0.524. The van der Waals surface area contributed by atoms with Gasteiger partial charge in [0.05, 0.1) is 24.4 Å². The predicted molar refractivity (Wildman–Crippen MR) is 113 cm³/mol. The molecular formula is C21H30N4OS. The van der Waals surface area contributed by atoms with Crippen LogP contribution in [-0.2, 0) is 11.3 Å². The standard InChI is InChI=1S/C21H30N4OS/c1-5-6-11-25-20(17-14-15(2)24(16(17)3)12-13-26-4)19(23-21(25)27)18-9-7-8-10-22-18/h7-10,14,19-20H,5-6,11-13H2,1-4H3,(H,23,27)/t19-,20+/m0/s1. The summed E-state index contributed by atoms with van der Waals surface area (Å²) in [4.78, 5) is 6.97. The van der Waals surface area contributed by atoms with Crippen LogP contribution >= 0.6 is 12.2 Å². The number of nitrogens with one attached hydrogen (secondary N) is 1. The number of hydrogen-bond acceptors (Lipinski definition) is 3. The van der Waals surface area contributed by atoms with Gasteiger partial charge in [0, 0.05) is 37.8 Å². The molecule has 0 radical (unpaired) electrons. The van der Waals surface area contributed by atoms with E-state index in [-0.39, 0.29) is 12.1 Å². The molecule has 1 N–H and O–H groups in total. The van der Waals surface area contributed by atoms with E-state index >= 15 is 0 Å². The number of aromatic nitrogens is 2. The number of aryl methyl sites for hydroxylation is 1. The highest BCUT2D eigenvalue weighted by Crippen LogP contribution is 2.40. The van der Waals surface area contributed by atoms with Gasteiger partial charge in [-0.2, -0.15) is 0 Å². The molecule has 1 fully saturated rings. The number of pyridine rings is 1. The number of hydrogen-bond donors (Lipinski definition) is 1. The zero-order chi connectivity index (χ0) is 19.4. The molecule has 1 aliphatic rings. The van der Waals surface area contributed by atoms with Gasteiger partial charge in [-0.1, -0.05) is 19.4 Å². The van der Waals surface area contributed by atoms with Crippen LogP contribution in [0.25, 0.3) is 0 Å². The van der Waals surface area contributed by atoms with Gasteiger partial charge in [-0.15, -0.1) is 0 Å². The molecule has 0 unspecified atom stereocenters. The van der Waals surface area contributed by atoms with E-state index in [0.29, 0.717) is 6.61 Å². The summed E-state index contributed by atoms with van der Waals surface area (Å²) < 4.78 is 7.64. The molecule has 1 saturated heterocycles. The van der Waals surface area contributed by atoms with E-state index in [1.165, 1.54) is 17.0 Å². The van der Waals surface area contributed by atoms with Crippen LogP contribution in [0.2, 0.25) is 0 Å². The third-order valence-corrected chi connectivity index (χ3v) is 5.75. The van der Waals surface area contributed by atoms with Crippen LogP contribution in [0.4, 0.5) is 0 Å². The highest BCUT2D eigenvalue weighted by molar-refractivity contribution is 7.80. The first-order valence-electron chi connectivity index (χ1n) is 9.72. The van der Waals surface area contributed by atoms with Crippen molar-refractivity contribution in [3.63, 3.8) is 0 Å². The summed E-state index contributed by atoms with van der Waals surface area (Å²) in [6, 6.07) is 8.60. The van der Waals surface area contributed by atoms with Crippen molar-refractivity contribution in [3.05, 3.63) is 53.1 Å². The Labute approximate surface area is 167 Å². The van der Waals surface area contributed by atoms with Gasteiger partial charge >= 0.3 is 0 Å². The smallest absolute Gasteiger partial charge is 0.170 e. The summed E-state index contributed by atoms with van der Waals surface area (Å²) in [5.74, 6) is 0. The van der Waals surface area contributed by atoms with Crippen molar-refractivity contribution >= 4 is 17.3 Å². The second-order valence-electron chi connectivity index (χ2n) is 7.14. The maximum absolute atomic E-state index is 5.72. The monoisotopic (exact) mass is 386 g/mol. The lowest BCUT2D eigenvalue weighted by molar-refractivity contribution is 0.186. The predicted octanol–water partition coefficient (Wildman–Crippen LogP) is 3.92. The van der Waals surface area contributed by atoms with Crippen molar-refractivity contribution in [1.29, 1.82) is 0 Å². The van der Waals surface area contributed by atoms with E-state index in [1.54, 1.807) is 7.11 Å². The van der Waals surface area contributed by atoms with Gasteiger partial charge in [-0.05, 0) is 56.2 Å². The zero-order valence-corrected chi connectivity index (χ0v) is 17.6. The maximum atomic E-state index is 5.72. The van der Waals surface area contributed by atoms with Gasteiger partial charge in [0.1, 0.15) is 0 Å². The van der Waals surface area contributed by atoms with Crippen LogP contribution in [-0.4, -0.2) is 39.8 Å². The molecule has 27 heavy (non-hydrogen) atoms. The molecule has 2 atom stereocenters. The summed E-state index contributed by atoms with van der Waals surface area (Å²) in [6.45, 7) is 9.11. The van der Waals surface area contributed by atoms with Crippen molar-refractivity contribution in [2.24, 2.45) is 0 Å². The Morgan fingerprint density at radius 3 is 2.74 bits per heavy atom. The van der Waals surface area contributed by atoms with Crippen LogP contribution in [0.3, 0.4) is 0 Å². The van der Waals surface area contributed by atoms with Gasteiger partial charge in [0.2, 0.25) is 0 Å². The molecule has 2 aromatic heterocycles. The van der Waals surface area contributed by atoms with Crippen molar-refractivity contribution in [2.75, 3.05) is 20.3 Å². The van der Waals surface area contributed by atoms with Crippen LogP contribution < -0.4 is 5.32 Å². The molecule has 0 aromatic carbocycles.